The topological polar surface area (TPSA) is 76.7 Å². The van der Waals surface area contributed by atoms with Gasteiger partial charge in [0.2, 0.25) is 0 Å². The fourth-order valence-corrected chi connectivity index (χ4v) is 4.41. The molecule has 0 spiro atoms. The number of benzene rings is 4. The second-order valence-corrected chi connectivity index (χ2v) is 9.90. The molecule has 6 nitrogen and oxygen atoms in total. The van der Waals surface area contributed by atoms with E-state index < -0.39 is 11.8 Å². The Labute approximate surface area is 249 Å². The first kappa shape index (κ1) is 29.7. The van der Waals surface area contributed by atoms with Crippen molar-refractivity contribution in [3.63, 3.8) is 0 Å². The normalized spacial score (nSPS) is 10.4. The number of carbonyl (C=O) groups is 2. The highest BCUT2D eigenvalue weighted by molar-refractivity contribution is 6.35. The molecular weight excluding hydrogens is 559 g/mol. The number of hydrogen-bond acceptors (Lipinski definition) is 4. The maximum atomic E-state index is 13.2. The van der Waals surface area contributed by atoms with E-state index >= 15 is 0 Å². The third kappa shape index (κ3) is 8.87. The molecular formula is C33H30Cl2N2O4. The molecule has 8 heteroatoms. The Balaban J connectivity index is 1.56. The van der Waals surface area contributed by atoms with Crippen LogP contribution in [-0.2, 0) is 29.3 Å². The monoisotopic (exact) mass is 588 g/mol. The molecule has 0 unspecified atom stereocenters. The van der Waals surface area contributed by atoms with Gasteiger partial charge in [0, 0.05) is 28.7 Å². The molecule has 41 heavy (non-hydrogen) atoms. The van der Waals surface area contributed by atoms with Crippen LogP contribution in [0.2, 0.25) is 10.0 Å². The highest BCUT2D eigenvalue weighted by atomic mass is 35.5. The number of nitrogens with one attached hydrogen (secondary N) is 2. The molecule has 0 fully saturated rings. The lowest BCUT2D eigenvalue weighted by Crippen LogP contribution is -2.34. The lowest BCUT2D eigenvalue weighted by molar-refractivity contribution is -0.123. The van der Waals surface area contributed by atoms with E-state index in [1.807, 2.05) is 67.6 Å². The summed E-state index contributed by atoms with van der Waals surface area (Å²) in [5.41, 5.74) is 3.19. The molecule has 0 saturated carbocycles. The number of hydrogen-bond donors (Lipinski definition) is 2. The van der Waals surface area contributed by atoms with Gasteiger partial charge in [-0.25, -0.2) is 0 Å². The minimum absolute atomic E-state index is 0.0269. The van der Waals surface area contributed by atoms with E-state index in [9.17, 15) is 9.59 Å². The van der Waals surface area contributed by atoms with E-state index in [1.54, 1.807) is 42.5 Å². The Morgan fingerprint density at radius 3 is 1.90 bits per heavy atom. The van der Waals surface area contributed by atoms with Crippen molar-refractivity contribution in [3.05, 3.63) is 135 Å². The number of halogens is 2. The maximum Gasteiger partial charge on any atom is 0.257 e. The van der Waals surface area contributed by atoms with Crippen LogP contribution in [0.25, 0.3) is 6.08 Å². The molecule has 0 aliphatic heterocycles. The van der Waals surface area contributed by atoms with Gasteiger partial charge in [0.25, 0.3) is 11.8 Å². The molecule has 0 bridgehead atoms. The van der Waals surface area contributed by atoms with E-state index in [-0.39, 0.29) is 25.3 Å². The van der Waals surface area contributed by atoms with Gasteiger partial charge in [0.15, 0.2) is 11.5 Å². The molecule has 210 valence electrons. The molecule has 0 aromatic heterocycles. The van der Waals surface area contributed by atoms with Crippen molar-refractivity contribution in [3.8, 4) is 11.5 Å². The quantitative estimate of drug-likeness (QED) is 0.106. The van der Waals surface area contributed by atoms with Gasteiger partial charge in [0.05, 0.1) is 6.61 Å². The second kappa shape index (κ2) is 14.9. The van der Waals surface area contributed by atoms with Gasteiger partial charge in [-0.3, -0.25) is 9.59 Å². The van der Waals surface area contributed by atoms with Gasteiger partial charge in [-0.2, -0.15) is 0 Å². The smallest absolute Gasteiger partial charge is 0.257 e. The fourth-order valence-electron chi connectivity index (χ4n) is 3.94. The summed E-state index contributed by atoms with van der Waals surface area (Å²) in [5, 5.41) is 6.75. The third-order valence-corrected chi connectivity index (χ3v) is 6.64. The summed E-state index contributed by atoms with van der Waals surface area (Å²) in [4.78, 5) is 26.5. The largest absolute Gasteiger partial charge is 0.490 e. The summed E-state index contributed by atoms with van der Waals surface area (Å²) in [6, 6.07) is 29.4. The first-order valence-corrected chi connectivity index (χ1v) is 13.9. The lowest BCUT2D eigenvalue weighted by atomic mass is 10.1. The SMILES string of the molecule is CCOc1cc(C=C(C(=O)NCc2ccccc2)C(=O)NCc2ccccc2)ccc1OCc1ccc(Cl)cc1Cl. The van der Waals surface area contributed by atoms with Gasteiger partial charge in [-0.1, -0.05) is 96.0 Å². The van der Waals surface area contributed by atoms with Gasteiger partial charge in [0.1, 0.15) is 12.2 Å². The van der Waals surface area contributed by atoms with E-state index in [4.69, 9.17) is 32.7 Å². The molecule has 0 radical (unpaired) electrons. The number of amides is 2. The first-order chi connectivity index (χ1) is 19.9. The summed E-state index contributed by atoms with van der Waals surface area (Å²) in [6.07, 6.45) is 1.54. The van der Waals surface area contributed by atoms with Gasteiger partial charge < -0.3 is 20.1 Å². The molecule has 2 N–H and O–H groups in total. The van der Waals surface area contributed by atoms with Crippen LogP contribution < -0.4 is 20.1 Å². The number of carbonyl (C=O) groups excluding carboxylic acids is 2. The van der Waals surface area contributed by atoms with Crippen LogP contribution >= 0.6 is 23.2 Å². The Morgan fingerprint density at radius 1 is 0.732 bits per heavy atom. The highest BCUT2D eigenvalue weighted by Crippen LogP contribution is 2.31. The van der Waals surface area contributed by atoms with Crippen LogP contribution in [0.15, 0.2) is 103 Å². The molecule has 4 aromatic carbocycles. The predicted octanol–water partition coefficient (Wildman–Crippen LogP) is 6.99. The molecule has 0 saturated heterocycles. The Bertz CT molecular complexity index is 1450. The Kier molecular flexibility index (Phi) is 10.8. The predicted molar refractivity (Wildman–Crippen MR) is 163 cm³/mol. The van der Waals surface area contributed by atoms with Crippen LogP contribution in [0, 0.1) is 0 Å². The highest BCUT2D eigenvalue weighted by Gasteiger charge is 2.19. The molecule has 0 atom stereocenters. The molecule has 0 aliphatic rings. The minimum atomic E-state index is -0.491. The van der Waals surface area contributed by atoms with E-state index in [0.29, 0.717) is 33.7 Å². The standard InChI is InChI=1S/C33H30Cl2N2O4/c1-2-40-31-18-25(13-16-30(31)41-22-26-14-15-27(34)19-29(26)35)17-28(32(38)36-20-23-9-5-3-6-10-23)33(39)37-21-24-11-7-4-8-12-24/h3-19H,2,20-22H2,1H3,(H,36,38)(H,37,39). The minimum Gasteiger partial charge on any atom is -0.490 e. The third-order valence-electron chi connectivity index (χ3n) is 6.06. The van der Waals surface area contributed by atoms with Gasteiger partial charge >= 0.3 is 0 Å². The van der Waals surface area contributed by atoms with Crippen molar-refractivity contribution < 1.29 is 19.1 Å². The Hall–Kier alpha value is -4.26. The van der Waals surface area contributed by atoms with Crippen LogP contribution in [0.5, 0.6) is 11.5 Å². The van der Waals surface area contributed by atoms with Crippen LogP contribution in [0.3, 0.4) is 0 Å². The summed E-state index contributed by atoms with van der Waals surface area (Å²) in [6.45, 7) is 3.04. The maximum absolute atomic E-state index is 13.2. The molecule has 4 aromatic rings. The van der Waals surface area contributed by atoms with Crippen LogP contribution in [0.4, 0.5) is 0 Å². The average molecular weight is 590 g/mol. The van der Waals surface area contributed by atoms with E-state index in [1.165, 1.54) is 0 Å². The van der Waals surface area contributed by atoms with Crippen molar-refractivity contribution >= 4 is 41.1 Å². The summed E-state index contributed by atoms with van der Waals surface area (Å²) >= 11 is 12.3. The summed E-state index contributed by atoms with van der Waals surface area (Å²) in [7, 11) is 0. The number of rotatable bonds is 12. The zero-order chi connectivity index (χ0) is 29.0. The van der Waals surface area contributed by atoms with Gasteiger partial charge in [-0.05, 0) is 54.0 Å². The second-order valence-electron chi connectivity index (χ2n) is 9.06. The van der Waals surface area contributed by atoms with Crippen LogP contribution in [-0.4, -0.2) is 18.4 Å². The molecule has 4 rings (SSSR count). The molecule has 2 amide bonds. The van der Waals surface area contributed by atoms with Gasteiger partial charge in [-0.15, -0.1) is 0 Å². The van der Waals surface area contributed by atoms with Crippen LogP contribution in [0.1, 0.15) is 29.2 Å². The molecule has 0 aliphatic carbocycles. The van der Waals surface area contributed by atoms with Crippen molar-refractivity contribution in [2.75, 3.05) is 6.61 Å². The lowest BCUT2D eigenvalue weighted by Gasteiger charge is -2.14. The summed E-state index contributed by atoms with van der Waals surface area (Å²) in [5.74, 6) is -0.0103. The van der Waals surface area contributed by atoms with Crippen molar-refractivity contribution in [2.45, 2.75) is 26.6 Å². The summed E-state index contributed by atoms with van der Waals surface area (Å²) < 4.78 is 11.8. The molecule has 0 heterocycles. The fraction of sp³-hybridized carbons (Fsp3) is 0.152. The van der Waals surface area contributed by atoms with Crippen molar-refractivity contribution in [1.29, 1.82) is 0 Å². The average Bonchev–Trinajstić information content (AvgIpc) is 2.99. The van der Waals surface area contributed by atoms with E-state index in [0.717, 1.165) is 16.7 Å². The zero-order valence-electron chi connectivity index (χ0n) is 22.5. The Morgan fingerprint density at radius 2 is 1.34 bits per heavy atom. The van der Waals surface area contributed by atoms with Crippen molar-refractivity contribution in [1.82, 2.24) is 10.6 Å². The first-order valence-electron chi connectivity index (χ1n) is 13.1. The number of ether oxygens (including phenoxy) is 2. The van der Waals surface area contributed by atoms with E-state index in [2.05, 4.69) is 10.6 Å². The zero-order valence-corrected chi connectivity index (χ0v) is 24.0. The van der Waals surface area contributed by atoms with Crippen molar-refractivity contribution in [2.24, 2.45) is 0 Å².